The average Bonchev–Trinajstić information content (AvgIpc) is 2.77. The molecule has 1 aliphatic heterocycles. The molecule has 1 saturated heterocycles. The second kappa shape index (κ2) is 9.49. The molecule has 0 amide bonds. The second-order valence-corrected chi connectivity index (χ2v) is 9.44. The van der Waals surface area contributed by atoms with Gasteiger partial charge in [-0.05, 0) is 12.0 Å². The van der Waals surface area contributed by atoms with E-state index < -0.39 is 10.8 Å². The summed E-state index contributed by atoms with van der Waals surface area (Å²) >= 11 is 1.65. The monoisotopic (exact) mass is 428 g/mol. The highest BCUT2D eigenvalue weighted by atomic mass is 32.2. The minimum atomic E-state index is -0.745. The molecule has 0 saturated carbocycles. The zero-order valence-electron chi connectivity index (χ0n) is 16.4. The Bertz CT molecular complexity index is 991. The first-order valence-corrected chi connectivity index (χ1v) is 12.2. The molecule has 152 valence electrons. The van der Waals surface area contributed by atoms with Crippen LogP contribution in [0.3, 0.4) is 0 Å². The Morgan fingerprint density at radius 1 is 1.10 bits per heavy atom. The molecule has 29 heavy (non-hydrogen) atoms. The minimum Gasteiger partial charge on any atom is -0.354 e. The third-order valence-electron chi connectivity index (χ3n) is 4.66. The van der Waals surface area contributed by atoms with E-state index in [2.05, 4.69) is 39.2 Å². The predicted octanol–water partition coefficient (Wildman–Crippen LogP) is 3.10. The number of fused-ring (bicyclic) bond motifs is 1. The smallest absolute Gasteiger partial charge is 0.225 e. The van der Waals surface area contributed by atoms with Crippen LogP contribution in [0.5, 0.6) is 0 Å². The number of nitrogens with zero attached hydrogens (tertiary/aromatic N) is 5. The van der Waals surface area contributed by atoms with Crippen LogP contribution in [0.2, 0.25) is 0 Å². The molecule has 0 radical (unpaired) electrons. The fourth-order valence-electron chi connectivity index (χ4n) is 3.13. The first-order chi connectivity index (χ1) is 14.2. The van der Waals surface area contributed by atoms with Crippen LogP contribution in [0.25, 0.3) is 11.0 Å². The van der Waals surface area contributed by atoms with Crippen LogP contribution in [0, 0.1) is 0 Å². The van der Waals surface area contributed by atoms with Gasteiger partial charge in [0.05, 0.1) is 0 Å². The van der Waals surface area contributed by atoms with E-state index in [0.29, 0.717) is 30.5 Å². The lowest BCUT2D eigenvalue weighted by Gasteiger charge is -2.28. The predicted molar refractivity (Wildman–Crippen MR) is 120 cm³/mol. The van der Waals surface area contributed by atoms with Gasteiger partial charge in [0, 0.05) is 47.7 Å². The summed E-state index contributed by atoms with van der Waals surface area (Å²) in [5.74, 6) is 3.52. The molecule has 0 aliphatic carbocycles. The lowest BCUT2D eigenvalue weighted by molar-refractivity contribution is 0.672. The lowest BCUT2D eigenvalue weighted by Crippen LogP contribution is -2.38. The number of nitrogens with one attached hydrogen (secondary N) is 1. The van der Waals surface area contributed by atoms with Crippen LogP contribution in [0.15, 0.2) is 41.7 Å². The average molecular weight is 429 g/mol. The van der Waals surface area contributed by atoms with Crippen molar-refractivity contribution in [3.05, 3.63) is 42.2 Å². The molecule has 1 N–H and O–H groups in total. The largest absolute Gasteiger partial charge is 0.354 e. The van der Waals surface area contributed by atoms with Gasteiger partial charge in [-0.15, -0.1) is 0 Å². The maximum Gasteiger partial charge on any atom is 0.225 e. The van der Waals surface area contributed by atoms with Crippen molar-refractivity contribution in [3.8, 4) is 0 Å². The Kier molecular flexibility index (Phi) is 6.56. The molecule has 0 atom stereocenters. The van der Waals surface area contributed by atoms with Gasteiger partial charge in [0.1, 0.15) is 22.4 Å². The molecule has 1 fully saturated rings. The van der Waals surface area contributed by atoms with Crippen LogP contribution < -0.4 is 10.2 Å². The van der Waals surface area contributed by atoms with Crippen molar-refractivity contribution >= 4 is 45.4 Å². The van der Waals surface area contributed by atoms with Crippen molar-refractivity contribution in [2.45, 2.75) is 24.1 Å². The standard InChI is InChI=1S/C20H24N6OS2/c1-2-8-21-20-24-17-16(18(25-20)26-9-11-29(27)12-10-26)22-14-23-19(17)28-13-15-6-4-3-5-7-15/h3-7,14H,2,8-13H2,1H3,(H,21,24,25). The molecule has 3 heterocycles. The summed E-state index contributed by atoms with van der Waals surface area (Å²) in [7, 11) is -0.745. The summed E-state index contributed by atoms with van der Waals surface area (Å²) in [6.07, 6.45) is 2.57. The number of hydrogen-bond acceptors (Lipinski definition) is 8. The molecule has 4 rings (SSSR count). The summed E-state index contributed by atoms with van der Waals surface area (Å²) in [5.41, 5.74) is 2.76. The Labute approximate surface area is 177 Å². The number of aromatic nitrogens is 4. The zero-order valence-corrected chi connectivity index (χ0v) is 18.0. The highest BCUT2D eigenvalue weighted by Crippen LogP contribution is 2.31. The van der Waals surface area contributed by atoms with Crippen molar-refractivity contribution in [1.82, 2.24) is 19.9 Å². The van der Waals surface area contributed by atoms with Gasteiger partial charge in [0.25, 0.3) is 0 Å². The molecule has 2 aromatic heterocycles. The van der Waals surface area contributed by atoms with Gasteiger partial charge in [0.15, 0.2) is 5.82 Å². The van der Waals surface area contributed by atoms with Crippen molar-refractivity contribution in [2.24, 2.45) is 0 Å². The quantitative estimate of drug-likeness (QED) is 0.454. The normalized spacial score (nSPS) is 15.0. The maximum absolute atomic E-state index is 11.8. The summed E-state index contributed by atoms with van der Waals surface area (Å²) in [4.78, 5) is 20.7. The highest BCUT2D eigenvalue weighted by molar-refractivity contribution is 7.98. The van der Waals surface area contributed by atoms with Crippen molar-refractivity contribution in [2.75, 3.05) is 41.4 Å². The van der Waals surface area contributed by atoms with Crippen LogP contribution in [-0.4, -0.2) is 55.3 Å². The van der Waals surface area contributed by atoms with Gasteiger partial charge in [-0.1, -0.05) is 49.0 Å². The SMILES string of the molecule is CCCNc1nc(N2CCS(=O)CC2)c2ncnc(SCc3ccccc3)c2n1. The van der Waals surface area contributed by atoms with Gasteiger partial charge in [-0.3, -0.25) is 4.21 Å². The Balaban J connectivity index is 1.70. The molecule has 9 heteroatoms. The molecule has 1 aliphatic rings. The Morgan fingerprint density at radius 3 is 2.66 bits per heavy atom. The van der Waals surface area contributed by atoms with E-state index in [1.807, 2.05) is 18.2 Å². The third kappa shape index (κ3) is 4.84. The molecule has 0 spiro atoms. The van der Waals surface area contributed by atoms with Crippen molar-refractivity contribution in [1.29, 1.82) is 0 Å². The fraction of sp³-hybridized carbons (Fsp3) is 0.400. The molecular formula is C20H24N6OS2. The summed E-state index contributed by atoms with van der Waals surface area (Å²) in [5, 5.41) is 4.15. The molecule has 0 bridgehead atoms. The minimum absolute atomic E-state index is 0.595. The topological polar surface area (TPSA) is 83.9 Å². The Morgan fingerprint density at radius 2 is 1.90 bits per heavy atom. The summed E-state index contributed by atoms with van der Waals surface area (Å²) in [6, 6.07) is 10.3. The van der Waals surface area contributed by atoms with Gasteiger partial charge in [0.2, 0.25) is 5.95 Å². The van der Waals surface area contributed by atoms with E-state index in [1.165, 1.54) is 5.56 Å². The zero-order chi connectivity index (χ0) is 20.1. The number of rotatable bonds is 7. The molecule has 3 aromatic rings. The van der Waals surface area contributed by atoms with Crippen LogP contribution in [-0.2, 0) is 16.6 Å². The molecule has 1 aromatic carbocycles. The van der Waals surface area contributed by atoms with Crippen LogP contribution in [0.4, 0.5) is 11.8 Å². The summed E-state index contributed by atoms with van der Waals surface area (Å²) in [6.45, 7) is 4.33. The first kappa shape index (κ1) is 20.0. The van der Waals surface area contributed by atoms with E-state index in [4.69, 9.17) is 9.97 Å². The van der Waals surface area contributed by atoms with Gasteiger partial charge in [-0.2, -0.15) is 4.98 Å². The fourth-order valence-corrected chi connectivity index (χ4v) is 5.08. The van der Waals surface area contributed by atoms with Gasteiger partial charge in [-0.25, -0.2) is 15.0 Å². The van der Waals surface area contributed by atoms with E-state index >= 15 is 0 Å². The highest BCUT2D eigenvalue weighted by Gasteiger charge is 2.22. The van der Waals surface area contributed by atoms with Crippen molar-refractivity contribution in [3.63, 3.8) is 0 Å². The van der Waals surface area contributed by atoms with E-state index in [1.54, 1.807) is 18.1 Å². The van der Waals surface area contributed by atoms with Crippen LogP contribution >= 0.6 is 11.8 Å². The lowest BCUT2D eigenvalue weighted by atomic mass is 10.2. The summed E-state index contributed by atoms with van der Waals surface area (Å²) < 4.78 is 11.8. The number of hydrogen-bond donors (Lipinski definition) is 1. The number of benzene rings is 1. The van der Waals surface area contributed by atoms with E-state index in [0.717, 1.165) is 40.6 Å². The number of anilines is 2. The van der Waals surface area contributed by atoms with Gasteiger partial charge >= 0.3 is 0 Å². The third-order valence-corrected chi connectivity index (χ3v) is 6.98. The van der Waals surface area contributed by atoms with Crippen molar-refractivity contribution < 1.29 is 4.21 Å². The van der Waals surface area contributed by atoms with Gasteiger partial charge < -0.3 is 10.2 Å². The van der Waals surface area contributed by atoms with Crippen LogP contribution in [0.1, 0.15) is 18.9 Å². The first-order valence-electron chi connectivity index (χ1n) is 9.78. The molecule has 0 unspecified atom stereocenters. The number of thioether (sulfide) groups is 1. The maximum atomic E-state index is 11.8. The molecular weight excluding hydrogens is 404 g/mol. The second-order valence-electron chi connectivity index (χ2n) is 6.78. The van der Waals surface area contributed by atoms with E-state index in [9.17, 15) is 4.21 Å². The Hall–Kier alpha value is -2.26. The molecule has 7 nitrogen and oxygen atoms in total. The van der Waals surface area contributed by atoms with E-state index in [-0.39, 0.29) is 0 Å².